The van der Waals surface area contributed by atoms with Crippen LogP contribution in [0, 0.1) is 0 Å². The second-order valence-corrected chi connectivity index (χ2v) is 17.1. The summed E-state index contributed by atoms with van der Waals surface area (Å²) in [7, 11) is -9.75. The lowest BCUT2D eigenvalue weighted by atomic mass is 10.1. The minimum atomic E-state index is -4.89. The molecule has 0 aromatic heterocycles. The number of allylic oxidation sites excluding steroid dienone is 20. The molecule has 0 aliphatic rings. The molecule has 0 aliphatic heterocycles. The molecule has 0 saturated heterocycles. The second kappa shape index (κ2) is 42.1. The number of hydrogen-bond acceptors (Lipinski definition) is 11. The summed E-state index contributed by atoms with van der Waals surface area (Å²) in [6.45, 7) is 1.19. The Bertz CT molecular complexity index is 1600. The number of aliphatic hydroxyl groups excluding tert-OH is 2. The van der Waals surface area contributed by atoms with Gasteiger partial charge in [0.2, 0.25) is 0 Å². The van der Waals surface area contributed by atoms with Crippen LogP contribution in [0.1, 0.15) is 123 Å². The number of hydrogen-bond donors (Lipinski definition) is 5. The lowest BCUT2D eigenvalue weighted by molar-refractivity contribution is -0.161. The van der Waals surface area contributed by atoms with E-state index < -0.39 is 66.2 Å². The summed E-state index contributed by atoms with van der Waals surface area (Å²) in [6, 6.07) is 0. The van der Waals surface area contributed by atoms with Gasteiger partial charge in [0, 0.05) is 12.8 Å². The van der Waals surface area contributed by atoms with E-state index in [2.05, 4.69) is 107 Å². The molecule has 362 valence electrons. The number of aliphatic hydroxyl groups is 2. The minimum absolute atomic E-state index is 0.0201. The third-order valence-electron chi connectivity index (χ3n) is 8.50. The molecule has 16 heteroatoms. The molecule has 64 heavy (non-hydrogen) atoms. The lowest BCUT2D eigenvalue weighted by Gasteiger charge is -2.20. The number of ether oxygens (including phenoxy) is 2. The van der Waals surface area contributed by atoms with Crippen LogP contribution in [0.3, 0.4) is 0 Å². The fourth-order valence-electron chi connectivity index (χ4n) is 4.99. The van der Waals surface area contributed by atoms with Crippen LogP contribution in [0.15, 0.2) is 122 Å². The van der Waals surface area contributed by atoms with Gasteiger partial charge in [0.05, 0.1) is 25.9 Å². The van der Waals surface area contributed by atoms with Gasteiger partial charge < -0.3 is 34.4 Å². The fraction of sp³-hybridized carbons (Fsp3) is 0.542. The number of esters is 2. The van der Waals surface area contributed by atoms with Crippen molar-refractivity contribution in [1.82, 2.24) is 0 Å². The topological polar surface area (TPSA) is 216 Å². The molecule has 1 unspecified atom stereocenters. The zero-order valence-electron chi connectivity index (χ0n) is 37.9. The quantitative estimate of drug-likeness (QED) is 0.0167. The molecule has 5 N–H and O–H groups in total. The van der Waals surface area contributed by atoms with Crippen LogP contribution < -0.4 is 0 Å². The van der Waals surface area contributed by atoms with Crippen LogP contribution in [0.25, 0.3) is 0 Å². The number of rotatable bonds is 40. The molecule has 0 fully saturated rings. The summed E-state index contributed by atoms with van der Waals surface area (Å²) >= 11 is 0. The van der Waals surface area contributed by atoms with Crippen molar-refractivity contribution in [2.45, 2.75) is 141 Å². The Kier molecular flexibility index (Phi) is 39.8. The van der Waals surface area contributed by atoms with Gasteiger partial charge in [-0.15, -0.1) is 0 Å². The summed E-state index contributed by atoms with van der Waals surface area (Å²) in [5.74, 6) is -1.23. The van der Waals surface area contributed by atoms with Crippen LogP contribution >= 0.6 is 15.6 Å². The van der Waals surface area contributed by atoms with Gasteiger partial charge in [-0.1, -0.05) is 135 Å². The van der Waals surface area contributed by atoms with Crippen LogP contribution in [0.4, 0.5) is 0 Å². The highest BCUT2D eigenvalue weighted by atomic mass is 31.2. The molecule has 0 radical (unpaired) electrons. The van der Waals surface area contributed by atoms with Gasteiger partial charge in [0.25, 0.3) is 0 Å². The first kappa shape index (κ1) is 60.5. The van der Waals surface area contributed by atoms with E-state index in [1.54, 1.807) is 0 Å². The van der Waals surface area contributed by atoms with E-state index in [9.17, 15) is 33.8 Å². The van der Waals surface area contributed by atoms with Crippen molar-refractivity contribution in [2.75, 3.05) is 26.4 Å². The third-order valence-corrected chi connectivity index (χ3v) is 9.94. The van der Waals surface area contributed by atoms with E-state index in [0.29, 0.717) is 25.7 Å². The molecule has 0 heterocycles. The highest BCUT2D eigenvalue weighted by molar-refractivity contribution is 7.47. The molecule has 0 bridgehead atoms. The van der Waals surface area contributed by atoms with Crippen LogP contribution in [-0.4, -0.2) is 81.6 Å². The molecule has 0 aromatic carbocycles. The third kappa shape index (κ3) is 45.1. The van der Waals surface area contributed by atoms with Gasteiger partial charge >= 0.3 is 27.6 Å². The molecule has 0 aliphatic carbocycles. The van der Waals surface area contributed by atoms with Gasteiger partial charge in [0.1, 0.15) is 12.7 Å². The molecule has 0 spiro atoms. The fourth-order valence-corrected chi connectivity index (χ4v) is 6.15. The molecule has 4 atom stereocenters. The Balaban J connectivity index is 4.75. The average Bonchev–Trinajstić information content (AvgIpc) is 3.26. The molecular weight excluding hydrogens is 862 g/mol. The van der Waals surface area contributed by atoms with E-state index >= 15 is 0 Å². The van der Waals surface area contributed by atoms with E-state index in [-0.39, 0.29) is 18.9 Å². The number of unbranched alkanes of at least 4 members (excludes halogenated alkanes) is 1. The van der Waals surface area contributed by atoms with E-state index in [4.69, 9.17) is 23.8 Å². The van der Waals surface area contributed by atoms with Gasteiger partial charge in [0.15, 0.2) is 6.10 Å². The molecule has 0 rings (SSSR count). The maximum atomic E-state index is 12.6. The van der Waals surface area contributed by atoms with Gasteiger partial charge in [-0.2, -0.15) is 0 Å². The summed E-state index contributed by atoms with van der Waals surface area (Å²) in [6.07, 6.45) is 50.1. The van der Waals surface area contributed by atoms with Crippen LogP contribution in [0.2, 0.25) is 0 Å². The lowest BCUT2D eigenvalue weighted by Crippen LogP contribution is -2.29. The highest BCUT2D eigenvalue weighted by Crippen LogP contribution is 2.43. The predicted octanol–water partition coefficient (Wildman–Crippen LogP) is 10.6. The van der Waals surface area contributed by atoms with Crippen molar-refractivity contribution in [1.29, 1.82) is 0 Å². The van der Waals surface area contributed by atoms with Gasteiger partial charge in [-0.05, 0) is 96.3 Å². The maximum Gasteiger partial charge on any atom is 0.472 e. The van der Waals surface area contributed by atoms with Crippen molar-refractivity contribution in [3.8, 4) is 0 Å². The van der Waals surface area contributed by atoms with Crippen molar-refractivity contribution < 1.29 is 66.7 Å². The molecule has 0 saturated carbocycles. The van der Waals surface area contributed by atoms with E-state index in [0.717, 1.165) is 70.6 Å². The first-order valence-corrected chi connectivity index (χ1v) is 25.3. The standard InChI is InChI=1S/C48H76O14P2/c1-3-5-6-7-8-9-10-11-12-13-14-15-16-21-24-27-30-33-36-39-48(52)62-46(43-61-64(56,57)60-41-45(50)40-59-63(53,54)55)42-58-47(51)38-35-32-29-26-23-20-18-17-19-22-25-28-31-34-37-44(49)4-2/h5-6,8-9,11-12,14-15,18-22,24,26,28-31,33,44-46,49-50H,3-4,7,10,13,16-17,23,25,27,32,34-43H2,1-2H3,(H,56,57)(H2,53,54,55)/b6-5-,9-8-,12-11-,15-14-,20-18-,22-19-,24-21-,29-26-,31-28-,33-30-/t44-,45-,46+/m0/s1. The smallest absolute Gasteiger partial charge is 0.462 e. The first-order chi connectivity index (χ1) is 30.8. The van der Waals surface area contributed by atoms with Crippen molar-refractivity contribution in [3.63, 3.8) is 0 Å². The Hall–Kier alpha value is -3.52. The van der Waals surface area contributed by atoms with E-state index in [1.165, 1.54) is 0 Å². The Morgan fingerprint density at radius 2 is 0.906 bits per heavy atom. The molecule has 0 aromatic rings. The number of carbonyl (C=O) groups excluding carboxylic acids is 2. The number of phosphoric acid groups is 2. The monoisotopic (exact) mass is 938 g/mol. The zero-order valence-corrected chi connectivity index (χ0v) is 39.7. The van der Waals surface area contributed by atoms with Gasteiger partial charge in [-0.3, -0.25) is 23.2 Å². The Morgan fingerprint density at radius 1 is 0.484 bits per heavy atom. The first-order valence-electron chi connectivity index (χ1n) is 22.3. The second-order valence-electron chi connectivity index (χ2n) is 14.4. The summed E-state index contributed by atoms with van der Waals surface area (Å²) in [5.41, 5.74) is 0. The SMILES string of the molecule is CC/C=C\C/C=C\C/C=C\C/C=C\C/C=C\C/C=C\CCC(=O)O[C@H](COC(=O)CCC/C=C\C/C=C\C/C=C\C/C=C\CC[C@@H](O)CC)COP(=O)(O)OC[C@@H](O)COP(=O)(O)O. The summed E-state index contributed by atoms with van der Waals surface area (Å²) < 4.78 is 47.6. The van der Waals surface area contributed by atoms with Crippen LogP contribution in [0.5, 0.6) is 0 Å². The van der Waals surface area contributed by atoms with Crippen molar-refractivity contribution >= 4 is 27.6 Å². The molecular formula is C48H76O14P2. The predicted molar refractivity (Wildman–Crippen MR) is 254 cm³/mol. The van der Waals surface area contributed by atoms with E-state index in [1.807, 2.05) is 37.3 Å². The van der Waals surface area contributed by atoms with Crippen molar-refractivity contribution in [3.05, 3.63) is 122 Å². The maximum absolute atomic E-state index is 12.6. The molecule has 14 nitrogen and oxygen atoms in total. The summed E-state index contributed by atoms with van der Waals surface area (Å²) in [5, 5.41) is 19.3. The van der Waals surface area contributed by atoms with Crippen LogP contribution in [-0.2, 0) is 41.8 Å². The largest absolute Gasteiger partial charge is 0.472 e. The minimum Gasteiger partial charge on any atom is -0.462 e. The Labute approximate surface area is 382 Å². The van der Waals surface area contributed by atoms with Gasteiger partial charge in [-0.25, -0.2) is 9.13 Å². The molecule has 0 amide bonds. The number of carbonyl (C=O) groups is 2. The summed E-state index contributed by atoms with van der Waals surface area (Å²) in [4.78, 5) is 52.7. The normalized spacial score (nSPS) is 15.5. The highest BCUT2D eigenvalue weighted by Gasteiger charge is 2.28. The Morgan fingerprint density at radius 3 is 1.38 bits per heavy atom. The average molecular weight is 939 g/mol. The zero-order chi connectivity index (χ0) is 47.4. The van der Waals surface area contributed by atoms with Crippen molar-refractivity contribution in [2.24, 2.45) is 0 Å². The number of phosphoric ester groups is 2.